The average Bonchev–Trinajstić information content (AvgIpc) is 3.36. The fourth-order valence-corrected chi connectivity index (χ4v) is 4.45. The number of benzene rings is 3. The zero-order chi connectivity index (χ0) is 25.3. The number of nitrogens with zero attached hydrogens (tertiary/aromatic N) is 3. The van der Waals surface area contributed by atoms with E-state index in [1.54, 1.807) is 33.1 Å². The van der Waals surface area contributed by atoms with E-state index in [9.17, 15) is 4.79 Å². The molecule has 0 aliphatic carbocycles. The van der Waals surface area contributed by atoms with Gasteiger partial charge < -0.3 is 19.5 Å². The van der Waals surface area contributed by atoms with Gasteiger partial charge in [0.05, 0.1) is 20.8 Å². The summed E-state index contributed by atoms with van der Waals surface area (Å²) in [5, 5.41) is 12.6. The summed E-state index contributed by atoms with van der Waals surface area (Å²) < 4.78 is 17.7. The number of aromatic nitrogens is 3. The van der Waals surface area contributed by atoms with Crippen LogP contribution in [0.2, 0.25) is 0 Å². The molecule has 0 spiro atoms. The summed E-state index contributed by atoms with van der Waals surface area (Å²) in [6.45, 7) is 0.955. The van der Waals surface area contributed by atoms with Crippen molar-refractivity contribution in [2.45, 2.75) is 10.9 Å². The minimum atomic E-state index is -0.117. The van der Waals surface area contributed by atoms with E-state index in [0.717, 1.165) is 33.5 Å². The Morgan fingerprint density at radius 1 is 0.917 bits per heavy atom. The molecular formula is C27H28N4O4S. The summed E-state index contributed by atoms with van der Waals surface area (Å²) in [5.41, 5.74) is 3.50. The standard InChI is InChI=1S/C27H28N4O4S/c1-33-16-15-28-26(32)20-9-7-19(8-10-20)18-36-27-30-29-25(21-5-4-6-24(17-21)35-3)31(27)22-11-13-23(34-2)14-12-22/h4-14,17H,15-16,18H2,1-3H3,(H,28,32). The number of nitrogens with one attached hydrogen (secondary N) is 1. The molecule has 4 rings (SSSR count). The monoisotopic (exact) mass is 504 g/mol. The first-order valence-corrected chi connectivity index (χ1v) is 12.3. The number of hydrogen-bond donors (Lipinski definition) is 1. The Balaban J connectivity index is 1.57. The first-order chi connectivity index (χ1) is 17.6. The highest BCUT2D eigenvalue weighted by atomic mass is 32.2. The highest BCUT2D eigenvalue weighted by Crippen LogP contribution is 2.31. The molecule has 9 heteroatoms. The highest BCUT2D eigenvalue weighted by molar-refractivity contribution is 7.98. The molecule has 8 nitrogen and oxygen atoms in total. The number of rotatable bonds is 11. The molecular weight excluding hydrogens is 476 g/mol. The van der Waals surface area contributed by atoms with E-state index in [0.29, 0.717) is 30.3 Å². The van der Waals surface area contributed by atoms with Gasteiger partial charge in [-0.1, -0.05) is 36.0 Å². The second-order valence-corrected chi connectivity index (χ2v) is 8.75. The number of carbonyl (C=O) groups is 1. The van der Waals surface area contributed by atoms with E-state index >= 15 is 0 Å². The largest absolute Gasteiger partial charge is 0.497 e. The Hall–Kier alpha value is -3.82. The molecule has 0 unspecified atom stereocenters. The minimum Gasteiger partial charge on any atom is -0.497 e. The molecule has 0 fully saturated rings. The van der Waals surface area contributed by atoms with Crippen molar-refractivity contribution < 1.29 is 19.0 Å². The maximum Gasteiger partial charge on any atom is 0.251 e. The van der Waals surface area contributed by atoms with Gasteiger partial charge in [-0.15, -0.1) is 10.2 Å². The normalized spacial score (nSPS) is 10.8. The zero-order valence-electron chi connectivity index (χ0n) is 20.4. The van der Waals surface area contributed by atoms with Crippen molar-refractivity contribution in [1.29, 1.82) is 0 Å². The van der Waals surface area contributed by atoms with Gasteiger partial charge in [-0.05, 0) is 54.1 Å². The molecule has 3 aromatic carbocycles. The van der Waals surface area contributed by atoms with Gasteiger partial charge in [0.15, 0.2) is 11.0 Å². The third-order valence-corrected chi connectivity index (χ3v) is 6.47. The van der Waals surface area contributed by atoms with Crippen LogP contribution in [-0.4, -0.2) is 55.2 Å². The van der Waals surface area contributed by atoms with Crippen LogP contribution in [0, 0.1) is 0 Å². The van der Waals surface area contributed by atoms with Gasteiger partial charge in [0.1, 0.15) is 11.5 Å². The smallest absolute Gasteiger partial charge is 0.251 e. The van der Waals surface area contributed by atoms with E-state index < -0.39 is 0 Å². The lowest BCUT2D eigenvalue weighted by Crippen LogP contribution is -2.26. The lowest BCUT2D eigenvalue weighted by molar-refractivity contribution is 0.0937. The van der Waals surface area contributed by atoms with Crippen LogP contribution >= 0.6 is 11.8 Å². The van der Waals surface area contributed by atoms with Gasteiger partial charge in [-0.2, -0.15) is 0 Å². The van der Waals surface area contributed by atoms with E-state index in [-0.39, 0.29) is 5.91 Å². The molecule has 1 aromatic heterocycles. The third kappa shape index (κ3) is 6.05. The maximum atomic E-state index is 12.2. The predicted octanol–water partition coefficient (Wildman–Crippen LogP) is 4.62. The Morgan fingerprint density at radius 2 is 1.67 bits per heavy atom. The Morgan fingerprint density at radius 3 is 2.36 bits per heavy atom. The van der Waals surface area contributed by atoms with Crippen LogP contribution < -0.4 is 14.8 Å². The lowest BCUT2D eigenvalue weighted by Gasteiger charge is -2.12. The molecule has 4 aromatic rings. The topological polar surface area (TPSA) is 87.5 Å². The van der Waals surface area contributed by atoms with Gasteiger partial charge in [0.2, 0.25) is 0 Å². The molecule has 0 bridgehead atoms. The molecule has 0 aliphatic heterocycles. The van der Waals surface area contributed by atoms with Crippen LogP contribution in [0.5, 0.6) is 11.5 Å². The second-order valence-electron chi connectivity index (χ2n) is 7.81. The van der Waals surface area contributed by atoms with E-state index in [2.05, 4.69) is 15.5 Å². The van der Waals surface area contributed by atoms with Crippen LogP contribution in [0.3, 0.4) is 0 Å². The van der Waals surface area contributed by atoms with Crippen LogP contribution in [0.4, 0.5) is 0 Å². The summed E-state index contributed by atoms with van der Waals surface area (Å²) >= 11 is 1.57. The summed E-state index contributed by atoms with van der Waals surface area (Å²) in [4.78, 5) is 12.2. The molecule has 186 valence electrons. The predicted molar refractivity (Wildman–Crippen MR) is 140 cm³/mol. The number of amides is 1. The Labute approximate surface area is 214 Å². The quantitative estimate of drug-likeness (QED) is 0.236. The van der Waals surface area contributed by atoms with Crippen molar-refractivity contribution in [3.63, 3.8) is 0 Å². The van der Waals surface area contributed by atoms with Crippen LogP contribution in [0.1, 0.15) is 15.9 Å². The zero-order valence-corrected chi connectivity index (χ0v) is 21.2. The third-order valence-electron chi connectivity index (χ3n) is 5.47. The number of ether oxygens (including phenoxy) is 3. The Bertz CT molecular complexity index is 1290. The van der Waals surface area contributed by atoms with Crippen molar-refractivity contribution in [3.8, 4) is 28.6 Å². The van der Waals surface area contributed by atoms with Gasteiger partial charge in [0.25, 0.3) is 5.91 Å². The molecule has 36 heavy (non-hydrogen) atoms. The van der Waals surface area contributed by atoms with Crippen LogP contribution in [-0.2, 0) is 10.5 Å². The van der Waals surface area contributed by atoms with Gasteiger partial charge in [-0.3, -0.25) is 9.36 Å². The lowest BCUT2D eigenvalue weighted by atomic mass is 10.1. The van der Waals surface area contributed by atoms with Gasteiger partial charge >= 0.3 is 0 Å². The number of hydrogen-bond acceptors (Lipinski definition) is 7. The first-order valence-electron chi connectivity index (χ1n) is 11.4. The summed E-state index contributed by atoms with van der Waals surface area (Å²) in [6.07, 6.45) is 0. The summed E-state index contributed by atoms with van der Waals surface area (Å²) in [5.74, 6) is 2.78. The number of carbonyl (C=O) groups excluding carboxylic acids is 1. The van der Waals surface area contributed by atoms with Crippen molar-refractivity contribution in [1.82, 2.24) is 20.1 Å². The van der Waals surface area contributed by atoms with E-state index in [4.69, 9.17) is 14.2 Å². The molecule has 0 aliphatic rings. The van der Waals surface area contributed by atoms with E-state index in [1.165, 1.54) is 0 Å². The average molecular weight is 505 g/mol. The van der Waals surface area contributed by atoms with Crippen molar-refractivity contribution in [2.24, 2.45) is 0 Å². The molecule has 0 atom stereocenters. The maximum absolute atomic E-state index is 12.2. The fraction of sp³-hybridized carbons (Fsp3) is 0.222. The van der Waals surface area contributed by atoms with Gasteiger partial charge in [-0.25, -0.2) is 0 Å². The molecule has 1 N–H and O–H groups in total. The van der Waals surface area contributed by atoms with Crippen molar-refractivity contribution in [2.75, 3.05) is 34.5 Å². The van der Waals surface area contributed by atoms with Gasteiger partial charge in [0, 0.05) is 36.2 Å². The molecule has 0 radical (unpaired) electrons. The Kier molecular flexibility index (Phi) is 8.59. The molecule has 1 heterocycles. The SMILES string of the molecule is COCCNC(=O)c1ccc(CSc2nnc(-c3cccc(OC)c3)n2-c2ccc(OC)cc2)cc1. The molecule has 0 saturated carbocycles. The van der Waals surface area contributed by atoms with E-state index in [1.807, 2.05) is 77.4 Å². The fourth-order valence-electron chi connectivity index (χ4n) is 3.55. The molecule has 1 amide bonds. The molecule has 0 saturated heterocycles. The first kappa shape index (κ1) is 25.3. The van der Waals surface area contributed by atoms with Crippen molar-refractivity contribution >= 4 is 17.7 Å². The van der Waals surface area contributed by atoms with Crippen molar-refractivity contribution in [3.05, 3.63) is 83.9 Å². The highest BCUT2D eigenvalue weighted by Gasteiger charge is 2.17. The minimum absolute atomic E-state index is 0.117. The summed E-state index contributed by atoms with van der Waals surface area (Å²) in [7, 11) is 4.89. The van der Waals surface area contributed by atoms with Crippen LogP contribution in [0.25, 0.3) is 17.1 Å². The van der Waals surface area contributed by atoms with Crippen LogP contribution in [0.15, 0.2) is 78.0 Å². The second kappa shape index (κ2) is 12.2. The summed E-state index contributed by atoms with van der Waals surface area (Å²) in [6, 6.07) is 23.1. The number of thioether (sulfide) groups is 1. The number of methoxy groups -OCH3 is 3.